The van der Waals surface area contributed by atoms with E-state index in [0.717, 1.165) is 16.5 Å². The second kappa shape index (κ2) is 6.63. The summed E-state index contributed by atoms with van der Waals surface area (Å²) in [5.41, 5.74) is 1.24. The number of nitrogens with one attached hydrogen (secondary N) is 1. The number of ether oxygens (including phenoxy) is 1. The Hall–Kier alpha value is -1.47. The van der Waals surface area contributed by atoms with Gasteiger partial charge in [0.25, 0.3) is 0 Å². The van der Waals surface area contributed by atoms with Crippen molar-refractivity contribution in [1.29, 1.82) is 0 Å². The Morgan fingerprint density at radius 2 is 2.16 bits per heavy atom. The molecule has 0 aliphatic rings. The van der Waals surface area contributed by atoms with Gasteiger partial charge in [0, 0.05) is 10.9 Å². The number of terminal acetylenes is 1. The van der Waals surface area contributed by atoms with Crippen molar-refractivity contribution in [3.05, 3.63) is 28.2 Å². The highest BCUT2D eigenvalue weighted by Crippen LogP contribution is 2.25. The Bertz CT molecular complexity index is 498. The first-order chi connectivity index (χ1) is 8.81. The molecule has 0 heterocycles. The molecule has 102 valence electrons. The fourth-order valence-corrected chi connectivity index (χ4v) is 1.80. The highest BCUT2D eigenvalue weighted by molar-refractivity contribution is 9.10. The molecule has 0 fully saturated rings. The number of rotatable bonds is 3. The molecular formula is C15H18BrNO2. The van der Waals surface area contributed by atoms with E-state index in [0.29, 0.717) is 12.1 Å². The Morgan fingerprint density at radius 1 is 1.47 bits per heavy atom. The average molecular weight is 324 g/mol. The van der Waals surface area contributed by atoms with Crippen molar-refractivity contribution in [2.45, 2.75) is 39.2 Å². The summed E-state index contributed by atoms with van der Waals surface area (Å²) < 4.78 is 6.02. The molecule has 19 heavy (non-hydrogen) atoms. The summed E-state index contributed by atoms with van der Waals surface area (Å²) in [5, 5.41) is 2.72. The van der Waals surface area contributed by atoms with E-state index in [4.69, 9.17) is 11.2 Å². The van der Waals surface area contributed by atoms with Crippen LogP contribution in [0.2, 0.25) is 0 Å². The molecule has 0 spiro atoms. The lowest BCUT2D eigenvalue weighted by Crippen LogP contribution is -2.27. The second-order valence-corrected chi connectivity index (χ2v) is 6.00. The van der Waals surface area contributed by atoms with Crippen LogP contribution in [0.25, 0.3) is 0 Å². The Labute approximate surface area is 122 Å². The molecule has 1 aromatic carbocycles. The van der Waals surface area contributed by atoms with Gasteiger partial charge in [-0.3, -0.25) is 5.32 Å². The number of carbonyl (C=O) groups is 1. The molecule has 0 radical (unpaired) electrons. The lowest BCUT2D eigenvalue weighted by molar-refractivity contribution is 0.0636. The third-order valence-electron chi connectivity index (χ3n) is 2.22. The van der Waals surface area contributed by atoms with E-state index in [2.05, 4.69) is 27.2 Å². The molecule has 3 nitrogen and oxygen atoms in total. The quantitative estimate of drug-likeness (QED) is 0.839. The lowest BCUT2D eigenvalue weighted by atomic mass is 10.1. The van der Waals surface area contributed by atoms with Crippen molar-refractivity contribution in [2.24, 2.45) is 0 Å². The summed E-state index contributed by atoms with van der Waals surface area (Å²) in [5.74, 6) is 2.60. The maximum Gasteiger partial charge on any atom is 0.412 e. The van der Waals surface area contributed by atoms with Crippen LogP contribution < -0.4 is 5.32 Å². The fraction of sp³-hybridized carbons (Fsp3) is 0.400. The maximum atomic E-state index is 11.7. The maximum absolute atomic E-state index is 11.7. The van der Waals surface area contributed by atoms with Gasteiger partial charge in [0.05, 0.1) is 5.69 Å². The number of hydrogen-bond acceptors (Lipinski definition) is 2. The van der Waals surface area contributed by atoms with Gasteiger partial charge in [0.1, 0.15) is 5.60 Å². The standard InChI is InChI=1S/C15H18BrNO2/c1-5-6-7-11-8-9-12(16)13(10-11)17-14(18)19-15(2,3)4/h1,8-10H,6-7H2,2-4H3,(H,17,18). The van der Waals surface area contributed by atoms with E-state index < -0.39 is 11.7 Å². The van der Waals surface area contributed by atoms with Crippen molar-refractivity contribution >= 4 is 27.7 Å². The minimum atomic E-state index is -0.516. The molecular weight excluding hydrogens is 306 g/mol. The number of halogens is 1. The average Bonchev–Trinajstić information content (AvgIpc) is 2.27. The van der Waals surface area contributed by atoms with Gasteiger partial charge in [-0.05, 0) is 60.8 Å². The number of aryl methyl sites for hydroxylation is 1. The highest BCUT2D eigenvalue weighted by Gasteiger charge is 2.17. The lowest BCUT2D eigenvalue weighted by Gasteiger charge is -2.20. The predicted molar refractivity (Wildman–Crippen MR) is 81.2 cm³/mol. The molecule has 0 atom stereocenters. The zero-order valence-corrected chi connectivity index (χ0v) is 13.0. The largest absolute Gasteiger partial charge is 0.444 e. The first-order valence-corrected chi connectivity index (χ1v) is 6.83. The summed E-state index contributed by atoms with van der Waals surface area (Å²) in [7, 11) is 0. The SMILES string of the molecule is C#CCCc1ccc(Br)c(NC(=O)OC(C)(C)C)c1. The molecule has 0 bridgehead atoms. The number of carbonyl (C=O) groups excluding carboxylic acids is 1. The molecule has 1 aromatic rings. The van der Waals surface area contributed by atoms with Crippen molar-refractivity contribution in [1.82, 2.24) is 0 Å². The minimum Gasteiger partial charge on any atom is -0.444 e. The molecule has 1 rings (SSSR count). The van der Waals surface area contributed by atoms with Gasteiger partial charge in [-0.1, -0.05) is 6.07 Å². The summed E-state index contributed by atoms with van der Waals surface area (Å²) in [6.07, 6.45) is 6.23. The van der Waals surface area contributed by atoms with Gasteiger partial charge in [0.2, 0.25) is 0 Å². The molecule has 0 unspecified atom stereocenters. The monoisotopic (exact) mass is 323 g/mol. The van der Waals surface area contributed by atoms with E-state index >= 15 is 0 Å². The smallest absolute Gasteiger partial charge is 0.412 e. The number of hydrogen-bond donors (Lipinski definition) is 1. The first kappa shape index (κ1) is 15.6. The minimum absolute atomic E-state index is 0.470. The summed E-state index contributed by atoms with van der Waals surface area (Å²) in [6.45, 7) is 5.47. The Balaban J connectivity index is 2.77. The molecule has 4 heteroatoms. The second-order valence-electron chi connectivity index (χ2n) is 5.15. The predicted octanol–water partition coefficient (Wildman–Crippen LogP) is 4.36. The van der Waals surface area contributed by atoms with E-state index in [1.807, 2.05) is 39.0 Å². The number of anilines is 1. The van der Waals surface area contributed by atoms with Crippen LogP contribution in [0.3, 0.4) is 0 Å². The Kier molecular flexibility index (Phi) is 5.44. The molecule has 0 aliphatic heterocycles. The topological polar surface area (TPSA) is 38.3 Å². The van der Waals surface area contributed by atoms with Crippen molar-refractivity contribution in [2.75, 3.05) is 5.32 Å². The third kappa shape index (κ3) is 5.80. The molecule has 1 N–H and O–H groups in total. The van der Waals surface area contributed by atoms with Gasteiger partial charge in [-0.15, -0.1) is 12.3 Å². The molecule has 0 saturated heterocycles. The van der Waals surface area contributed by atoms with Crippen LogP contribution in [-0.2, 0) is 11.2 Å². The van der Waals surface area contributed by atoms with Gasteiger partial charge in [-0.2, -0.15) is 0 Å². The number of benzene rings is 1. The van der Waals surface area contributed by atoms with Crippen LogP contribution in [0.5, 0.6) is 0 Å². The van der Waals surface area contributed by atoms with Crippen LogP contribution in [-0.4, -0.2) is 11.7 Å². The molecule has 0 aromatic heterocycles. The number of amides is 1. The summed E-state index contributed by atoms with van der Waals surface area (Å²) >= 11 is 3.40. The highest BCUT2D eigenvalue weighted by atomic mass is 79.9. The first-order valence-electron chi connectivity index (χ1n) is 6.04. The van der Waals surface area contributed by atoms with E-state index in [1.54, 1.807) is 0 Å². The van der Waals surface area contributed by atoms with E-state index in [9.17, 15) is 4.79 Å². The van der Waals surface area contributed by atoms with Crippen molar-refractivity contribution in [3.8, 4) is 12.3 Å². The zero-order chi connectivity index (χ0) is 14.5. The van der Waals surface area contributed by atoms with Gasteiger partial charge >= 0.3 is 6.09 Å². The van der Waals surface area contributed by atoms with Gasteiger partial charge < -0.3 is 4.74 Å². The summed E-state index contributed by atoms with van der Waals surface area (Å²) in [4.78, 5) is 11.7. The van der Waals surface area contributed by atoms with E-state index in [1.165, 1.54) is 0 Å². The van der Waals surface area contributed by atoms with Crippen molar-refractivity contribution in [3.63, 3.8) is 0 Å². The summed E-state index contributed by atoms with van der Waals surface area (Å²) in [6, 6.07) is 5.76. The zero-order valence-electron chi connectivity index (χ0n) is 11.4. The van der Waals surface area contributed by atoms with Gasteiger partial charge in [-0.25, -0.2) is 4.79 Å². The van der Waals surface area contributed by atoms with Crippen LogP contribution in [0.4, 0.5) is 10.5 Å². The molecule has 1 amide bonds. The fourth-order valence-electron chi connectivity index (χ4n) is 1.45. The van der Waals surface area contributed by atoms with Crippen LogP contribution in [0.1, 0.15) is 32.8 Å². The van der Waals surface area contributed by atoms with Crippen LogP contribution in [0.15, 0.2) is 22.7 Å². The normalized spacial score (nSPS) is 10.7. The van der Waals surface area contributed by atoms with Crippen LogP contribution >= 0.6 is 15.9 Å². The molecule has 0 aliphatic carbocycles. The Morgan fingerprint density at radius 3 is 2.74 bits per heavy atom. The van der Waals surface area contributed by atoms with E-state index in [-0.39, 0.29) is 0 Å². The third-order valence-corrected chi connectivity index (χ3v) is 2.92. The van der Waals surface area contributed by atoms with Gasteiger partial charge in [0.15, 0.2) is 0 Å². The van der Waals surface area contributed by atoms with Crippen molar-refractivity contribution < 1.29 is 9.53 Å². The van der Waals surface area contributed by atoms with Crippen LogP contribution in [0, 0.1) is 12.3 Å². The molecule has 0 saturated carbocycles.